The lowest BCUT2D eigenvalue weighted by Gasteiger charge is -2.27. The van der Waals surface area contributed by atoms with Gasteiger partial charge in [-0.2, -0.15) is 0 Å². The first-order chi connectivity index (χ1) is 8.38. The van der Waals surface area contributed by atoms with Gasteiger partial charge in [-0.1, -0.05) is 6.42 Å². The van der Waals surface area contributed by atoms with Crippen LogP contribution in [0.15, 0.2) is 0 Å². The van der Waals surface area contributed by atoms with Crippen molar-refractivity contribution >= 4 is 17.7 Å². The van der Waals surface area contributed by atoms with Crippen molar-refractivity contribution in [1.29, 1.82) is 0 Å². The molecule has 0 aromatic heterocycles. The van der Waals surface area contributed by atoms with Crippen molar-refractivity contribution in [2.45, 2.75) is 33.1 Å². The molecule has 2 fully saturated rings. The zero-order chi connectivity index (χ0) is 13.5. The summed E-state index contributed by atoms with van der Waals surface area (Å²) in [6.45, 7) is 3.44. The number of fused-ring (bicyclic) bond motifs is 1. The van der Waals surface area contributed by atoms with E-state index in [-0.39, 0.29) is 36.1 Å². The van der Waals surface area contributed by atoms with Crippen molar-refractivity contribution in [1.82, 2.24) is 10.3 Å². The highest BCUT2D eigenvalue weighted by Crippen LogP contribution is 2.40. The van der Waals surface area contributed by atoms with Crippen LogP contribution in [0.25, 0.3) is 0 Å². The molecule has 100 valence electrons. The van der Waals surface area contributed by atoms with Crippen LogP contribution in [-0.4, -0.2) is 29.2 Å². The molecule has 1 aliphatic heterocycles. The van der Waals surface area contributed by atoms with Gasteiger partial charge >= 0.3 is 0 Å². The number of hydrazine groups is 1. The summed E-state index contributed by atoms with van der Waals surface area (Å²) in [5.41, 5.74) is 1.21. The van der Waals surface area contributed by atoms with Gasteiger partial charge in [0.25, 0.3) is 0 Å². The molecule has 6 nitrogen and oxygen atoms in total. The van der Waals surface area contributed by atoms with Crippen LogP contribution in [-0.2, 0) is 14.4 Å². The van der Waals surface area contributed by atoms with Gasteiger partial charge in [-0.3, -0.25) is 24.7 Å². The minimum absolute atomic E-state index is 0.0979. The highest BCUT2D eigenvalue weighted by molar-refractivity contribution is 6.05. The second-order valence-corrected chi connectivity index (χ2v) is 5.76. The van der Waals surface area contributed by atoms with Crippen LogP contribution < -0.4 is 11.3 Å². The van der Waals surface area contributed by atoms with E-state index in [1.54, 1.807) is 13.8 Å². The molecule has 2 unspecified atom stereocenters. The van der Waals surface area contributed by atoms with Gasteiger partial charge < -0.3 is 0 Å². The number of rotatable bonds is 3. The molecule has 0 aromatic carbocycles. The van der Waals surface area contributed by atoms with Gasteiger partial charge in [0.2, 0.25) is 17.7 Å². The Kier molecular flexibility index (Phi) is 3.14. The molecule has 18 heavy (non-hydrogen) atoms. The van der Waals surface area contributed by atoms with Crippen molar-refractivity contribution in [3.05, 3.63) is 0 Å². The molecule has 2 rings (SSSR count). The normalized spacial score (nSPS) is 27.6. The largest absolute Gasteiger partial charge is 0.294 e. The third-order valence-corrected chi connectivity index (χ3v) is 3.98. The average Bonchev–Trinajstić information content (AvgIpc) is 2.88. The molecule has 0 bridgehead atoms. The summed E-state index contributed by atoms with van der Waals surface area (Å²) in [5, 5.41) is 0. The van der Waals surface area contributed by atoms with Crippen LogP contribution in [0.1, 0.15) is 33.1 Å². The molecule has 2 aliphatic rings. The Morgan fingerprint density at radius 2 is 1.83 bits per heavy atom. The first kappa shape index (κ1) is 13.0. The smallest absolute Gasteiger partial charge is 0.241 e. The predicted molar refractivity (Wildman–Crippen MR) is 63.7 cm³/mol. The quantitative estimate of drug-likeness (QED) is 0.315. The highest BCUT2D eigenvalue weighted by Gasteiger charge is 2.51. The van der Waals surface area contributed by atoms with Gasteiger partial charge in [-0.05, 0) is 26.7 Å². The number of nitrogens with one attached hydrogen (secondary N) is 1. The molecule has 1 saturated carbocycles. The fraction of sp³-hybridized carbons (Fsp3) is 0.750. The maximum absolute atomic E-state index is 12.1. The zero-order valence-electron chi connectivity index (χ0n) is 10.7. The van der Waals surface area contributed by atoms with E-state index < -0.39 is 5.41 Å². The van der Waals surface area contributed by atoms with E-state index in [1.165, 1.54) is 4.90 Å². The Morgan fingerprint density at radius 1 is 1.33 bits per heavy atom. The molecule has 0 spiro atoms. The first-order valence-corrected chi connectivity index (χ1v) is 6.25. The summed E-state index contributed by atoms with van der Waals surface area (Å²) in [7, 11) is 0. The van der Waals surface area contributed by atoms with Crippen LogP contribution in [0.4, 0.5) is 0 Å². The van der Waals surface area contributed by atoms with E-state index in [9.17, 15) is 14.4 Å². The Morgan fingerprint density at radius 3 is 2.28 bits per heavy atom. The van der Waals surface area contributed by atoms with Crippen LogP contribution >= 0.6 is 0 Å². The molecule has 2 atom stereocenters. The Balaban J connectivity index is 2.13. The lowest BCUT2D eigenvalue weighted by molar-refractivity contribution is -0.143. The number of likely N-dealkylation sites (tertiary alicyclic amines) is 1. The van der Waals surface area contributed by atoms with Gasteiger partial charge in [0, 0.05) is 6.54 Å². The second kappa shape index (κ2) is 4.35. The summed E-state index contributed by atoms with van der Waals surface area (Å²) in [6.07, 6.45) is 2.51. The molecule has 3 amide bonds. The Hall–Kier alpha value is -1.43. The number of carbonyl (C=O) groups is 3. The van der Waals surface area contributed by atoms with E-state index in [1.807, 2.05) is 0 Å². The number of amides is 3. The molecule has 1 aliphatic carbocycles. The lowest BCUT2D eigenvalue weighted by Crippen LogP contribution is -2.49. The summed E-state index contributed by atoms with van der Waals surface area (Å²) in [5.74, 6) is 4.17. The summed E-state index contributed by atoms with van der Waals surface area (Å²) in [4.78, 5) is 37.1. The fourth-order valence-electron chi connectivity index (χ4n) is 2.88. The monoisotopic (exact) mass is 253 g/mol. The minimum atomic E-state index is -0.862. The maximum Gasteiger partial charge on any atom is 0.241 e. The van der Waals surface area contributed by atoms with E-state index >= 15 is 0 Å². The molecule has 1 saturated heterocycles. The van der Waals surface area contributed by atoms with Gasteiger partial charge in [0.1, 0.15) is 0 Å². The number of nitrogens with two attached hydrogens (primary N) is 1. The third kappa shape index (κ3) is 1.90. The number of carbonyl (C=O) groups excluding carboxylic acids is 3. The molecule has 1 heterocycles. The number of nitrogens with zero attached hydrogens (tertiary/aromatic N) is 1. The molecule has 0 radical (unpaired) electrons. The van der Waals surface area contributed by atoms with Crippen LogP contribution in [0.2, 0.25) is 0 Å². The molecular weight excluding hydrogens is 234 g/mol. The van der Waals surface area contributed by atoms with E-state index in [0.29, 0.717) is 0 Å². The number of hydrogen-bond acceptors (Lipinski definition) is 4. The number of imide groups is 1. The Bertz CT molecular complexity index is 383. The summed E-state index contributed by atoms with van der Waals surface area (Å²) in [6, 6.07) is 0. The molecule has 6 heteroatoms. The van der Waals surface area contributed by atoms with Gasteiger partial charge in [-0.25, -0.2) is 5.84 Å². The van der Waals surface area contributed by atoms with Crippen molar-refractivity contribution in [3.63, 3.8) is 0 Å². The standard InChI is InChI=1S/C12H19N3O3/c1-12(2,11(18)14-13)6-15-9(16)7-4-3-5-8(7)10(15)17/h7-8H,3-6,13H2,1-2H3,(H,14,18). The minimum Gasteiger partial charge on any atom is -0.294 e. The number of hydrogen-bond donors (Lipinski definition) is 2. The SMILES string of the molecule is CC(C)(CN1C(=O)C2CCCC2C1=O)C(=O)NN. The van der Waals surface area contributed by atoms with Crippen molar-refractivity contribution in [2.24, 2.45) is 23.1 Å². The summed E-state index contributed by atoms with van der Waals surface area (Å²) < 4.78 is 0. The Labute approximate surface area is 106 Å². The maximum atomic E-state index is 12.1. The third-order valence-electron chi connectivity index (χ3n) is 3.98. The van der Waals surface area contributed by atoms with Crippen molar-refractivity contribution in [2.75, 3.05) is 6.54 Å². The molecular formula is C12H19N3O3. The predicted octanol–water partition coefficient (Wildman–Crippen LogP) is -0.212. The second-order valence-electron chi connectivity index (χ2n) is 5.76. The zero-order valence-corrected chi connectivity index (χ0v) is 10.7. The first-order valence-electron chi connectivity index (χ1n) is 6.25. The van der Waals surface area contributed by atoms with Crippen molar-refractivity contribution in [3.8, 4) is 0 Å². The van der Waals surface area contributed by atoms with Gasteiger partial charge in [0.05, 0.1) is 17.3 Å². The van der Waals surface area contributed by atoms with Gasteiger partial charge in [-0.15, -0.1) is 0 Å². The average molecular weight is 253 g/mol. The molecule has 3 N–H and O–H groups in total. The van der Waals surface area contributed by atoms with Gasteiger partial charge in [0.15, 0.2) is 0 Å². The van der Waals surface area contributed by atoms with Crippen LogP contribution in [0.3, 0.4) is 0 Å². The van der Waals surface area contributed by atoms with Crippen molar-refractivity contribution < 1.29 is 14.4 Å². The molecule has 0 aromatic rings. The fourth-order valence-corrected chi connectivity index (χ4v) is 2.88. The van der Waals surface area contributed by atoms with Crippen LogP contribution in [0, 0.1) is 17.3 Å². The van der Waals surface area contributed by atoms with E-state index in [4.69, 9.17) is 5.84 Å². The highest BCUT2D eigenvalue weighted by atomic mass is 16.2. The lowest BCUT2D eigenvalue weighted by atomic mass is 9.92. The topological polar surface area (TPSA) is 92.5 Å². The summed E-state index contributed by atoms with van der Waals surface area (Å²) >= 11 is 0. The van der Waals surface area contributed by atoms with E-state index in [2.05, 4.69) is 5.43 Å². The van der Waals surface area contributed by atoms with Crippen LogP contribution in [0.5, 0.6) is 0 Å². The van der Waals surface area contributed by atoms with E-state index in [0.717, 1.165) is 19.3 Å².